The second-order valence-electron chi connectivity index (χ2n) is 4.82. The van der Waals surface area contributed by atoms with E-state index in [-0.39, 0.29) is 0 Å². The summed E-state index contributed by atoms with van der Waals surface area (Å²) in [6.07, 6.45) is -2.73. The van der Waals surface area contributed by atoms with Crippen LogP contribution in [0.2, 0.25) is 0 Å². The first-order valence-electron chi connectivity index (χ1n) is 6.58. The normalized spacial score (nSPS) is 11.9. The molecule has 0 fully saturated rings. The summed E-state index contributed by atoms with van der Waals surface area (Å²) in [6.45, 7) is 4.59. The summed E-state index contributed by atoms with van der Waals surface area (Å²) in [4.78, 5) is 3.88. The predicted octanol–water partition coefficient (Wildman–Crippen LogP) is 2.66. The number of alkyl halides is 3. The lowest BCUT2D eigenvalue weighted by Crippen LogP contribution is -2.11. The molecule has 0 atom stereocenters. The van der Waals surface area contributed by atoms with E-state index < -0.39 is 11.7 Å². The fraction of sp³-hybridized carbons (Fsp3) is 0.429. The van der Waals surface area contributed by atoms with E-state index in [9.17, 15) is 13.2 Å². The number of aromatic nitrogens is 3. The summed E-state index contributed by atoms with van der Waals surface area (Å²) >= 11 is 0. The highest BCUT2D eigenvalue weighted by Crippen LogP contribution is 2.29. The van der Waals surface area contributed by atoms with Gasteiger partial charge in [0.15, 0.2) is 5.82 Å². The minimum atomic E-state index is -4.38. The topological polar surface area (TPSA) is 42.7 Å². The molecule has 1 N–H and O–H groups in total. The Hall–Kier alpha value is -1.89. The molecule has 0 aliphatic rings. The monoisotopic (exact) mass is 298 g/mol. The van der Waals surface area contributed by atoms with Crippen LogP contribution in [0.4, 0.5) is 13.2 Å². The van der Waals surface area contributed by atoms with Gasteiger partial charge in [0.05, 0.1) is 11.3 Å². The first kappa shape index (κ1) is 15.5. The van der Waals surface area contributed by atoms with Crippen molar-refractivity contribution in [2.45, 2.75) is 26.4 Å². The Bertz CT molecular complexity index is 614. The lowest BCUT2D eigenvalue weighted by atomic mass is 10.1. The average molecular weight is 298 g/mol. The third kappa shape index (κ3) is 3.24. The SMILES string of the molecule is CNCCc1c(C)nn(-c2ccc(C(F)(F)F)cn2)c1C. The Morgan fingerprint density at radius 3 is 2.48 bits per heavy atom. The molecule has 0 saturated carbocycles. The van der Waals surface area contributed by atoms with Crippen molar-refractivity contribution in [3.63, 3.8) is 0 Å². The number of aryl methyl sites for hydroxylation is 1. The number of pyridine rings is 1. The van der Waals surface area contributed by atoms with Gasteiger partial charge in [0, 0.05) is 11.9 Å². The maximum Gasteiger partial charge on any atom is 0.417 e. The van der Waals surface area contributed by atoms with Gasteiger partial charge in [-0.25, -0.2) is 9.67 Å². The van der Waals surface area contributed by atoms with E-state index in [4.69, 9.17) is 0 Å². The van der Waals surface area contributed by atoms with Gasteiger partial charge in [-0.15, -0.1) is 0 Å². The molecule has 2 aromatic rings. The smallest absolute Gasteiger partial charge is 0.319 e. The van der Waals surface area contributed by atoms with Gasteiger partial charge in [0.2, 0.25) is 0 Å². The van der Waals surface area contributed by atoms with Gasteiger partial charge in [0.1, 0.15) is 0 Å². The van der Waals surface area contributed by atoms with Crippen molar-refractivity contribution in [3.8, 4) is 5.82 Å². The molecule has 0 aliphatic carbocycles. The number of hydrogen-bond acceptors (Lipinski definition) is 3. The Kier molecular flexibility index (Phi) is 4.32. The van der Waals surface area contributed by atoms with Crippen molar-refractivity contribution in [2.75, 3.05) is 13.6 Å². The summed E-state index contributed by atoms with van der Waals surface area (Å²) in [5, 5.41) is 7.44. The number of rotatable bonds is 4. The van der Waals surface area contributed by atoms with Gasteiger partial charge in [-0.2, -0.15) is 18.3 Å². The van der Waals surface area contributed by atoms with Crippen LogP contribution >= 0.6 is 0 Å². The van der Waals surface area contributed by atoms with Gasteiger partial charge in [-0.1, -0.05) is 0 Å². The van der Waals surface area contributed by atoms with Crippen LogP contribution in [0.5, 0.6) is 0 Å². The molecule has 0 aromatic carbocycles. The predicted molar refractivity (Wildman–Crippen MR) is 73.5 cm³/mol. The van der Waals surface area contributed by atoms with Crippen LogP contribution in [0.15, 0.2) is 18.3 Å². The zero-order valence-corrected chi connectivity index (χ0v) is 12.1. The van der Waals surface area contributed by atoms with E-state index >= 15 is 0 Å². The number of hydrogen-bond donors (Lipinski definition) is 1. The minimum Gasteiger partial charge on any atom is -0.319 e. The molecule has 0 radical (unpaired) electrons. The molecule has 7 heteroatoms. The van der Waals surface area contributed by atoms with Gasteiger partial charge in [0.25, 0.3) is 0 Å². The third-order valence-electron chi connectivity index (χ3n) is 3.36. The summed E-state index contributed by atoms with van der Waals surface area (Å²) in [5.41, 5.74) is 2.09. The van der Waals surface area contributed by atoms with Gasteiger partial charge >= 0.3 is 6.18 Å². The average Bonchev–Trinajstić information content (AvgIpc) is 2.71. The molecule has 0 amide bonds. The molecular formula is C14H17F3N4. The van der Waals surface area contributed by atoms with Crippen molar-refractivity contribution in [1.82, 2.24) is 20.1 Å². The fourth-order valence-corrected chi connectivity index (χ4v) is 2.19. The molecule has 0 unspecified atom stereocenters. The standard InChI is InChI=1S/C14H17F3N4/c1-9-12(6-7-18-3)10(2)21(20-9)13-5-4-11(8-19-13)14(15,16)17/h4-5,8,18H,6-7H2,1-3H3. The summed E-state index contributed by atoms with van der Waals surface area (Å²) in [6, 6.07) is 2.36. The summed E-state index contributed by atoms with van der Waals surface area (Å²) in [7, 11) is 1.87. The first-order chi connectivity index (χ1) is 9.84. The molecule has 21 heavy (non-hydrogen) atoms. The Morgan fingerprint density at radius 2 is 1.95 bits per heavy atom. The van der Waals surface area contributed by atoms with E-state index in [2.05, 4.69) is 15.4 Å². The number of nitrogens with zero attached hydrogens (tertiary/aromatic N) is 3. The lowest BCUT2D eigenvalue weighted by Gasteiger charge is -2.08. The molecule has 0 spiro atoms. The first-order valence-corrected chi connectivity index (χ1v) is 6.58. The molecule has 4 nitrogen and oxygen atoms in total. The van der Waals surface area contributed by atoms with Gasteiger partial charge in [-0.05, 0) is 51.6 Å². The summed E-state index contributed by atoms with van der Waals surface area (Å²) in [5.74, 6) is 0.388. The zero-order chi connectivity index (χ0) is 15.6. The molecule has 2 aromatic heterocycles. The Balaban J connectivity index is 2.34. The fourth-order valence-electron chi connectivity index (χ4n) is 2.19. The lowest BCUT2D eigenvalue weighted by molar-refractivity contribution is -0.137. The van der Waals surface area contributed by atoms with Crippen molar-refractivity contribution in [1.29, 1.82) is 0 Å². The molecule has 114 valence electrons. The van der Waals surface area contributed by atoms with Crippen LogP contribution in [0.25, 0.3) is 5.82 Å². The quantitative estimate of drug-likeness (QED) is 0.943. The van der Waals surface area contributed by atoms with Crippen molar-refractivity contribution >= 4 is 0 Å². The van der Waals surface area contributed by atoms with Crippen LogP contribution in [-0.2, 0) is 12.6 Å². The molecule has 0 bridgehead atoms. The van der Waals surface area contributed by atoms with Crippen LogP contribution in [0.3, 0.4) is 0 Å². The Labute approximate surface area is 121 Å². The van der Waals surface area contributed by atoms with E-state index in [1.165, 1.54) is 6.07 Å². The van der Waals surface area contributed by atoms with Crippen molar-refractivity contribution < 1.29 is 13.2 Å². The van der Waals surface area contributed by atoms with Gasteiger partial charge in [-0.3, -0.25) is 0 Å². The second kappa shape index (κ2) is 5.85. The maximum absolute atomic E-state index is 12.5. The van der Waals surface area contributed by atoms with Crippen LogP contribution < -0.4 is 5.32 Å². The van der Waals surface area contributed by atoms with Gasteiger partial charge < -0.3 is 5.32 Å². The summed E-state index contributed by atoms with van der Waals surface area (Å²) < 4.78 is 39.2. The number of halogens is 3. The van der Waals surface area contributed by atoms with Crippen molar-refractivity contribution in [2.24, 2.45) is 0 Å². The van der Waals surface area contributed by atoms with Crippen molar-refractivity contribution in [3.05, 3.63) is 40.8 Å². The van der Waals surface area contributed by atoms with E-state index in [0.717, 1.165) is 42.2 Å². The molecular weight excluding hydrogens is 281 g/mol. The molecule has 0 saturated heterocycles. The highest BCUT2D eigenvalue weighted by Gasteiger charge is 2.30. The zero-order valence-electron chi connectivity index (χ0n) is 12.1. The number of likely N-dealkylation sites (N-methyl/N-ethyl adjacent to an activating group) is 1. The number of nitrogens with one attached hydrogen (secondary N) is 1. The molecule has 0 aliphatic heterocycles. The molecule has 2 rings (SSSR count). The van der Waals surface area contributed by atoms with Crippen LogP contribution in [-0.4, -0.2) is 28.4 Å². The highest BCUT2D eigenvalue weighted by molar-refractivity contribution is 5.34. The Morgan fingerprint density at radius 1 is 1.24 bits per heavy atom. The van der Waals surface area contributed by atoms with E-state index in [1.54, 1.807) is 4.68 Å². The van der Waals surface area contributed by atoms with Crippen LogP contribution in [0.1, 0.15) is 22.5 Å². The minimum absolute atomic E-state index is 0.388. The third-order valence-corrected chi connectivity index (χ3v) is 3.36. The largest absolute Gasteiger partial charge is 0.417 e. The van der Waals surface area contributed by atoms with E-state index in [0.29, 0.717) is 5.82 Å². The molecule has 2 heterocycles. The highest BCUT2D eigenvalue weighted by atomic mass is 19.4. The maximum atomic E-state index is 12.5. The second-order valence-corrected chi connectivity index (χ2v) is 4.82. The van der Waals surface area contributed by atoms with E-state index in [1.807, 2.05) is 20.9 Å². The van der Waals surface area contributed by atoms with Crippen LogP contribution in [0, 0.1) is 13.8 Å².